The van der Waals surface area contributed by atoms with Crippen LogP contribution in [0.3, 0.4) is 0 Å². The van der Waals surface area contributed by atoms with Gasteiger partial charge in [0.25, 0.3) is 17.3 Å². The van der Waals surface area contributed by atoms with Crippen LogP contribution in [-0.2, 0) is 0 Å². The van der Waals surface area contributed by atoms with Gasteiger partial charge in [0.2, 0.25) is 5.88 Å². The van der Waals surface area contributed by atoms with E-state index < -0.39 is 17.3 Å². The number of amides is 1. The molecule has 0 atom stereocenters. The number of hydrogen-bond acceptors (Lipinski definition) is 9. The number of aryl methyl sites for hydroxylation is 1. The standard InChI is InChI=1S/C32H28FN5O6/c1-17-13-28(42-3)35-16-24(17)38-23(18-5-6-18)9-8-20(32(38)40)30(39)36-19-7-10-25(21(33)14-19)44-26-11-12-34-22-15-27(41-2)31(43-4)37-29(22)26/h7-16,18H,5-6H2,1-4H3,(H,36,39). The highest BCUT2D eigenvalue weighted by molar-refractivity contribution is 6.04. The van der Waals surface area contributed by atoms with E-state index in [0.29, 0.717) is 28.4 Å². The number of rotatable bonds is 9. The Balaban J connectivity index is 1.27. The molecule has 5 aromatic rings. The Labute approximate surface area is 251 Å². The molecule has 0 unspecified atom stereocenters. The van der Waals surface area contributed by atoms with Gasteiger partial charge in [0.1, 0.15) is 11.1 Å². The number of hydrogen-bond donors (Lipinski definition) is 1. The first-order valence-corrected chi connectivity index (χ1v) is 13.7. The van der Waals surface area contributed by atoms with Crippen molar-refractivity contribution in [3.63, 3.8) is 0 Å². The zero-order valence-corrected chi connectivity index (χ0v) is 24.4. The second-order valence-electron chi connectivity index (χ2n) is 10.2. The topological polar surface area (TPSA) is 127 Å². The highest BCUT2D eigenvalue weighted by atomic mass is 19.1. The fraction of sp³-hybridized carbons (Fsp3) is 0.219. The Morgan fingerprint density at radius 3 is 2.45 bits per heavy atom. The second-order valence-corrected chi connectivity index (χ2v) is 10.2. The largest absolute Gasteiger partial charge is 0.491 e. The van der Waals surface area contributed by atoms with Crippen LogP contribution in [0, 0.1) is 12.7 Å². The van der Waals surface area contributed by atoms with Crippen LogP contribution in [0.25, 0.3) is 16.7 Å². The van der Waals surface area contributed by atoms with Crippen LogP contribution >= 0.6 is 0 Å². The van der Waals surface area contributed by atoms with Gasteiger partial charge in [-0.2, -0.15) is 0 Å². The summed E-state index contributed by atoms with van der Waals surface area (Å²) < 4.78 is 38.4. The smallest absolute Gasteiger partial charge is 0.268 e. The molecule has 6 rings (SSSR count). The van der Waals surface area contributed by atoms with E-state index in [0.717, 1.165) is 30.2 Å². The number of ether oxygens (including phenoxy) is 4. The zero-order valence-electron chi connectivity index (χ0n) is 24.4. The maximum Gasteiger partial charge on any atom is 0.268 e. The van der Waals surface area contributed by atoms with E-state index in [4.69, 9.17) is 18.9 Å². The van der Waals surface area contributed by atoms with Gasteiger partial charge >= 0.3 is 0 Å². The average molecular weight is 598 g/mol. The summed E-state index contributed by atoms with van der Waals surface area (Å²) in [6, 6.07) is 12.2. The highest BCUT2D eigenvalue weighted by Crippen LogP contribution is 2.41. The number of anilines is 1. The average Bonchev–Trinajstić information content (AvgIpc) is 3.87. The maximum absolute atomic E-state index is 15.2. The monoisotopic (exact) mass is 597 g/mol. The second kappa shape index (κ2) is 11.6. The number of methoxy groups -OCH3 is 3. The number of nitrogens with one attached hydrogen (secondary N) is 1. The first kappa shape index (κ1) is 28.6. The van der Waals surface area contributed by atoms with E-state index in [9.17, 15) is 9.59 Å². The fourth-order valence-electron chi connectivity index (χ4n) is 4.91. The van der Waals surface area contributed by atoms with E-state index >= 15 is 4.39 Å². The van der Waals surface area contributed by atoms with Crippen LogP contribution in [0.1, 0.15) is 40.4 Å². The molecule has 0 radical (unpaired) electrons. The summed E-state index contributed by atoms with van der Waals surface area (Å²) in [6.07, 6.45) is 4.97. The van der Waals surface area contributed by atoms with Crippen molar-refractivity contribution in [3.05, 3.63) is 93.9 Å². The van der Waals surface area contributed by atoms with Gasteiger partial charge in [0.05, 0.1) is 38.7 Å². The molecule has 0 spiro atoms. The lowest BCUT2D eigenvalue weighted by molar-refractivity contribution is 0.102. The van der Waals surface area contributed by atoms with Crippen LogP contribution in [-0.4, -0.2) is 46.8 Å². The van der Waals surface area contributed by atoms with Crippen molar-refractivity contribution in [1.82, 2.24) is 19.5 Å². The van der Waals surface area contributed by atoms with Crippen molar-refractivity contribution in [1.29, 1.82) is 0 Å². The van der Waals surface area contributed by atoms with E-state index in [1.165, 1.54) is 50.3 Å². The molecular weight excluding hydrogens is 569 g/mol. The van der Waals surface area contributed by atoms with Crippen LogP contribution in [0.15, 0.2) is 65.7 Å². The van der Waals surface area contributed by atoms with Crippen LogP contribution in [0.5, 0.6) is 29.0 Å². The van der Waals surface area contributed by atoms with Crippen molar-refractivity contribution < 1.29 is 28.1 Å². The molecule has 1 fully saturated rings. The minimum Gasteiger partial charge on any atom is -0.491 e. The van der Waals surface area contributed by atoms with E-state index in [1.54, 1.807) is 30.5 Å². The van der Waals surface area contributed by atoms with Gasteiger partial charge in [0, 0.05) is 41.8 Å². The summed E-state index contributed by atoms with van der Waals surface area (Å²) in [5.41, 5.74) is 2.50. The van der Waals surface area contributed by atoms with Gasteiger partial charge in [-0.05, 0) is 55.5 Å². The van der Waals surface area contributed by atoms with Crippen molar-refractivity contribution >= 4 is 22.6 Å². The first-order valence-electron chi connectivity index (χ1n) is 13.7. The minimum absolute atomic E-state index is 0.0935. The van der Waals surface area contributed by atoms with Gasteiger partial charge in [0.15, 0.2) is 23.1 Å². The van der Waals surface area contributed by atoms with Crippen LogP contribution in [0.2, 0.25) is 0 Å². The summed E-state index contributed by atoms with van der Waals surface area (Å²) in [7, 11) is 4.46. The lowest BCUT2D eigenvalue weighted by Crippen LogP contribution is -2.30. The molecule has 0 aliphatic heterocycles. The molecule has 1 aliphatic carbocycles. The van der Waals surface area contributed by atoms with Crippen LogP contribution < -0.4 is 29.8 Å². The number of carbonyl (C=O) groups is 1. The molecule has 11 nitrogen and oxygen atoms in total. The fourth-order valence-corrected chi connectivity index (χ4v) is 4.91. The Bertz CT molecular complexity index is 1970. The predicted octanol–water partition coefficient (Wildman–Crippen LogP) is 5.57. The summed E-state index contributed by atoms with van der Waals surface area (Å²) in [6.45, 7) is 1.85. The Morgan fingerprint density at radius 1 is 0.955 bits per heavy atom. The number of aromatic nitrogens is 4. The number of halogens is 1. The third-order valence-electron chi connectivity index (χ3n) is 7.29. The molecule has 4 aromatic heterocycles. The van der Waals surface area contributed by atoms with Crippen molar-refractivity contribution in [2.45, 2.75) is 25.7 Å². The van der Waals surface area contributed by atoms with E-state index in [1.807, 2.05) is 6.92 Å². The van der Waals surface area contributed by atoms with Gasteiger partial charge in [-0.1, -0.05) is 0 Å². The molecular formula is C32H28FN5O6. The molecule has 1 N–H and O–H groups in total. The third-order valence-corrected chi connectivity index (χ3v) is 7.29. The molecule has 0 bridgehead atoms. The van der Waals surface area contributed by atoms with Gasteiger partial charge in [-0.3, -0.25) is 19.1 Å². The van der Waals surface area contributed by atoms with Crippen LogP contribution in [0.4, 0.5) is 10.1 Å². The maximum atomic E-state index is 15.2. The van der Waals surface area contributed by atoms with Gasteiger partial charge in [-0.25, -0.2) is 14.4 Å². The summed E-state index contributed by atoms with van der Waals surface area (Å²) in [4.78, 5) is 39.9. The summed E-state index contributed by atoms with van der Waals surface area (Å²) >= 11 is 0. The lowest BCUT2D eigenvalue weighted by Gasteiger charge is -2.16. The normalized spacial score (nSPS) is 12.6. The summed E-state index contributed by atoms with van der Waals surface area (Å²) in [5, 5.41) is 2.63. The molecule has 1 saturated carbocycles. The van der Waals surface area contributed by atoms with Crippen molar-refractivity contribution in [3.8, 4) is 34.7 Å². The summed E-state index contributed by atoms with van der Waals surface area (Å²) in [5.74, 6) is -0.0299. The molecule has 0 saturated heterocycles. The molecule has 4 heterocycles. The zero-order chi connectivity index (χ0) is 31.0. The van der Waals surface area contributed by atoms with E-state index in [-0.39, 0.29) is 34.5 Å². The third kappa shape index (κ3) is 5.37. The number of carbonyl (C=O) groups excluding carboxylic acids is 1. The molecule has 12 heteroatoms. The Morgan fingerprint density at radius 2 is 1.77 bits per heavy atom. The predicted molar refractivity (Wildman–Crippen MR) is 160 cm³/mol. The molecule has 224 valence electrons. The number of pyridine rings is 4. The quantitative estimate of drug-likeness (QED) is 0.232. The Hall–Kier alpha value is -5.52. The van der Waals surface area contributed by atoms with Gasteiger partial charge < -0.3 is 24.3 Å². The van der Waals surface area contributed by atoms with Crippen molar-refractivity contribution in [2.75, 3.05) is 26.6 Å². The number of benzene rings is 1. The first-order chi connectivity index (χ1) is 21.3. The van der Waals surface area contributed by atoms with Crippen molar-refractivity contribution in [2.24, 2.45) is 0 Å². The Kier molecular flexibility index (Phi) is 7.56. The molecule has 1 aliphatic rings. The minimum atomic E-state index is -0.741. The molecule has 1 amide bonds. The highest BCUT2D eigenvalue weighted by Gasteiger charge is 2.29. The molecule has 44 heavy (non-hydrogen) atoms. The number of nitrogens with zero attached hydrogens (tertiary/aromatic N) is 4. The van der Waals surface area contributed by atoms with E-state index in [2.05, 4.69) is 20.3 Å². The SMILES string of the molecule is COc1cc(C)c(-n2c(C3CC3)ccc(C(=O)Nc3ccc(Oc4ccnc5cc(OC)c(OC)nc45)c(F)c3)c2=O)cn1. The lowest BCUT2D eigenvalue weighted by atomic mass is 10.1. The molecule has 1 aromatic carbocycles. The number of fused-ring (bicyclic) bond motifs is 1. The van der Waals surface area contributed by atoms with Gasteiger partial charge in [-0.15, -0.1) is 0 Å².